The molecule has 0 aliphatic heterocycles. The number of hydrogen-bond donors (Lipinski definition) is 1. The van der Waals surface area contributed by atoms with E-state index >= 15 is 0 Å². The van der Waals surface area contributed by atoms with Gasteiger partial charge < -0.3 is 9.84 Å². The number of carboxylic acid groups (broad SMARTS) is 1. The number of aryl methyl sites for hydroxylation is 1. The summed E-state index contributed by atoms with van der Waals surface area (Å²) in [4.78, 5) is 10.7. The molecule has 1 aliphatic carbocycles. The van der Waals surface area contributed by atoms with E-state index in [-0.39, 0.29) is 6.10 Å². The lowest BCUT2D eigenvalue weighted by atomic mass is 9.85. The van der Waals surface area contributed by atoms with Crippen LogP contribution in [-0.2, 0) is 4.79 Å². The first-order valence-corrected chi connectivity index (χ1v) is 7.01. The maximum absolute atomic E-state index is 10.7. The number of benzene rings is 1. The van der Waals surface area contributed by atoms with Crippen molar-refractivity contribution in [2.75, 3.05) is 0 Å². The molecule has 2 rings (SSSR count). The second kappa shape index (κ2) is 6.09. The minimum Gasteiger partial charge on any atom is -0.490 e. The van der Waals surface area contributed by atoms with Crippen LogP contribution in [0.1, 0.15) is 43.2 Å². The standard InChI is InChI=1S/C16H22O3/c1-11-4-3-5-15(12(11)2)19-14-8-6-13(7-9-14)10-16(17)18/h3-5,13-14H,6-10H2,1-2H3,(H,17,18). The molecule has 0 aromatic heterocycles. The van der Waals surface area contributed by atoms with E-state index in [0.717, 1.165) is 31.4 Å². The van der Waals surface area contributed by atoms with Crippen LogP contribution in [0.15, 0.2) is 18.2 Å². The molecule has 0 radical (unpaired) electrons. The smallest absolute Gasteiger partial charge is 0.303 e. The Morgan fingerprint density at radius 2 is 1.95 bits per heavy atom. The maximum Gasteiger partial charge on any atom is 0.303 e. The third kappa shape index (κ3) is 3.72. The van der Waals surface area contributed by atoms with Gasteiger partial charge in [0.05, 0.1) is 6.10 Å². The fourth-order valence-corrected chi connectivity index (χ4v) is 2.73. The average molecular weight is 262 g/mol. The molecule has 1 N–H and O–H groups in total. The van der Waals surface area contributed by atoms with Gasteiger partial charge in [-0.05, 0) is 62.6 Å². The topological polar surface area (TPSA) is 46.5 Å². The molecule has 3 heteroatoms. The number of carbonyl (C=O) groups is 1. The van der Waals surface area contributed by atoms with Crippen molar-refractivity contribution in [2.45, 2.75) is 52.1 Å². The normalized spacial score (nSPS) is 23.1. The van der Waals surface area contributed by atoms with Crippen LogP contribution in [0.4, 0.5) is 0 Å². The molecule has 3 nitrogen and oxygen atoms in total. The molecule has 0 bridgehead atoms. The lowest BCUT2D eigenvalue weighted by Crippen LogP contribution is -2.25. The van der Waals surface area contributed by atoms with Gasteiger partial charge in [0.15, 0.2) is 0 Å². The van der Waals surface area contributed by atoms with Crippen LogP contribution in [0.2, 0.25) is 0 Å². The Morgan fingerprint density at radius 1 is 1.26 bits per heavy atom. The highest BCUT2D eigenvalue weighted by Crippen LogP contribution is 2.31. The van der Waals surface area contributed by atoms with Crippen LogP contribution < -0.4 is 4.74 Å². The van der Waals surface area contributed by atoms with E-state index in [0.29, 0.717) is 12.3 Å². The zero-order valence-electron chi connectivity index (χ0n) is 11.7. The molecular formula is C16H22O3. The van der Waals surface area contributed by atoms with Gasteiger partial charge in [-0.2, -0.15) is 0 Å². The van der Waals surface area contributed by atoms with Gasteiger partial charge in [0.25, 0.3) is 0 Å². The van der Waals surface area contributed by atoms with E-state index in [1.807, 2.05) is 12.1 Å². The number of rotatable bonds is 4. The summed E-state index contributed by atoms with van der Waals surface area (Å²) in [5.74, 6) is 0.622. The summed E-state index contributed by atoms with van der Waals surface area (Å²) in [6.45, 7) is 4.17. The monoisotopic (exact) mass is 262 g/mol. The van der Waals surface area contributed by atoms with Gasteiger partial charge in [-0.1, -0.05) is 12.1 Å². The largest absolute Gasteiger partial charge is 0.490 e. The number of ether oxygens (including phenoxy) is 1. The molecule has 0 spiro atoms. The first kappa shape index (κ1) is 13.9. The Bertz CT molecular complexity index is 445. The van der Waals surface area contributed by atoms with Crippen LogP contribution >= 0.6 is 0 Å². The van der Waals surface area contributed by atoms with Crippen molar-refractivity contribution in [3.05, 3.63) is 29.3 Å². The lowest BCUT2D eigenvalue weighted by molar-refractivity contribution is -0.138. The number of carboxylic acids is 1. The summed E-state index contributed by atoms with van der Waals surface area (Å²) in [7, 11) is 0. The lowest BCUT2D eigenvalue weighted by Gasteiger charge is -2.28. The Labute approximate surface area is 114 Å². The van der Waals surface area contributed by atoms with Gasteiger partial charge in [0, 0.05) is 6.42 Å². The second-order valence-corrected chi connectivity index (χ2v) is 5.56. The molecule has 1 aromatic rings. The van der Waals surface area contributed by atoms with Gasteiger partial charge in [-0.25, -0.2) is 0 Å². The van der Waals surface area contributed by atoms with Crippen LogP contribution in [0.5, 0.6) is 5.75 Å². The molecule has 1 fully saturated rings. The molecular weight excluding hydrogens is 240 g/mol. The van der Waals surface area contributed by atoms with Gasteiger partial charge in [0.2, 0.25) is 0 Å². The minimum atomic E-state index is -0.682. The fraction of sp³-hybridized carbons (Fsp3) is 0.562. The van der Waals surface area contributed by atoms with Crippen LogP contribution in [-0.4, -0.2) is 17.2 Å². The fourth-order valence-electron chi connectivity index (χ4n) is 2.73. The van der Waals surface area contributed by atoms with Crippen LogP contribution in [0.25, 0.3) is 0 Å². The summed E-state index contributed by atoms with van der Waals surface area (Å²) in [6.07, 6.45) is 4.39. The summed E-state index contributed by atoms with van der Waals surface area (Å²) < 4.78 is 6.07. The predicted octanol–water partition coefficient (Wildman–Crippen LogP) is 3.72. The van der Waals surface area contributed by atoms with Crippen molar-refractivity contribution in [3.63, 3.8) is 0 Å². The highest BCUT2D eigenvalue weighted by atomic mass is 16.5. The summed E-state index contributed by atoms with van der Waals surface area (Å²) in [5, 5.41) is 8.80. The quantitative estimate of drug-likeness (QED) is 0.899. The van der Waals surface area contributed by atoms with Crippen LogP contribution in [0, 0.1) is 19.8 Å². The van der Waals surface area contributed by atoms with Crippen molar-refractivity contribution < 1.29 is 14.6 Å². The van der Waals surface area contributed by atoms with Crippen molar-refractivity contribution >= 4 is 5.97 Å². The Balaban J connectivity index is 1.89. The van der Waals surface area contributed by atoms with E-state index in [1.165, 1.54) is 11.1 Å². The average Bonchev–Trinajstić information content (AvgIpc) is 2.37. The van der Waals surface area contributed by atoms with Crippen molar-refractivity contribution in [1.29, 1.82) is 0 Å². The van der Waals surface area contributed by atoms with E-state index in [2.05, 4.69) is 19.9 Å². The molecule has 104 valence electrons. The van der Waals surface area contributed by atoms with Crippen LogP contribution in [0.3, 0.4) is 0 Å². The molecule has 0 heterocycles. The van der Waals surface area contributed by atoms with Crippen molar-refractivity contribution in [3.8, 4) is 5.75 Å². The maximum atomic E-state index is 10.7. The summed E-state index contributed by atoms with van der Waals surface area (Å²) in [5.41, 5.74) is 2.45. The summed E-state index contributed by atoms with van der Waals surface area (Å²) >= 11 is 0. The van der Waals surface area contributed by atoms with Gasteiger partial charge in [-0.3, -0.25) is 4.79 Å². The third-order valence-corrected chi connectivity index (χ3v) is 4.11. The Morgan fingerprint density at radius 3 is 2.58 bits per heavy atom. The molecule has 1 saturated carbocycles. The predicted molar refractivity (Wildman–Crippen MR) is 74.5 cm³/mol. The van der Waals surface area contributed by atoms with E-state index in [9.17, 15) is 4.79 Å². The number of aliphatic carboxylic acids is 1. The van der Waals surface area contributed by atoms with Gasteiger partial charge >= 0.3 is 5.97 Å². The second-order valence-electron chi connectivity index (χ2n) is 5.56. The zero-order chi connectivity index (χ0) is 13.8. The first-order chi connectivity index (χ1) is 9.06. The van der Waals surface area contributed by atoms with Gasteiger partial charge in [-0.15, -0.1) is 0 Å². The molecule has 0 saturated heterocycles. The van der Waals surface area contributed by atoms with Crippen molar-refractivity contribution in [2.24, 2.45) is 5.92 Å². The number of hydrogen-bond acceptors (Lipinski definition) is 2. The molecule has 0 atom stereocenters. The summed E-state index contributed by atoms with van der Waals surface area (Å²) in [6, 6.07) is 6.13. The first-order valence-electron chi connectivity index (χ1n) is 7.01. The molecule has 19 heavy (non-hydrogen) atoms. The SMILES string of the molecule is Cc1cccc(OC2CCC(CC(=O)O)CC2)c1C. The third-order valence-electron chi connectivity index (χ3n) is 4.11. The van der Waals surface area contributed by atoms with E-state index in [1.54, 1.807) is 0 Å². The highest BCUT2D eigenvalue weighted by molar-refractivity contribution is 5.67. The Hall–Kier alpha value is -1.51. The van der Waals surface area contributed by atoms with Gasteiger partial charge in [0.1, 0.15) is 5.75 Å². The highest BCUT2D eigenvalue weighted by Gasteiger charge is 2.24. The zero-order valence-corrected chi connectivity index (χ0v) is 11.7. The molecule has 1 aromatic carbocycles. The van der Waals surface area contributed by atoms with E-state index < -0.39 is 5.97 Å². The Kier molecular flexibility index (Phi) is 4.46. The van der Waals surface area contributed by atoms with Crippen molar-refractivity contribution in [1.82, 2.24) is 0 Å². The molecule has 0 amide bonds. The molecule has 1 aliphatic rings. The molecule has 0 unspecified atom stereocenters. The van der Waals surface area contributed by atoms with E-state index in [4.69, 9.17) is 9.84 Å². The minimum absolute atomic E-state index is 0.241.